The highest BCUT2D eigenvalue weighted by atomic mass is 35.5. The molecule has 1 aromatic heterocycles. The Morgan fingerprint density at radius 2 is 1.90 bits per heavy atom. The number of aliphatic hydroxyl groups excluding tert-OH is 1. The van der Waals surface area contributed by atoms with Gasteiger partial charge in [-0.2, -0.15) is 5.10 Å². The zero-order chi connectivity index (χ0) is 14.8. The molecule has 0 atom stereocenters. The molecule has 3 nitrogen and oxygen atoms in total. The van der Waals surface area contributed by atoms with E-state index in [-0.39, 0.29) is 12.4 Å². The fourth-order valence-electron chi connectivity index (χ4n) is 3.04. The van der Waals surface area contributed by atoms with Crippen molar-refractivity contribution in [2.24, 2.45) is 0 Å². The van der Waals surface area contributed by atoms with E-state index in [0.717, 1.165) is 29.7 Å². The number of hydrogen-bond acceptors (Lipinski definition) is 2. The summed E-state index contributed by atoms with van der Waals surface area (Å²) in [5.74, 6) is 0.145. The Balaban J connectivity index is 1.89. The molecule has 1 aromatic carbocycles. The summed E-state index contributed by atoms with van der Waals surface area (Å²) in [7, 11) is 0. The molecular formula is C16H18ClFN2O. The number of halogens is 2. The van der Waals surface area contributed by atoms with Crippen LogP contribution in [0.25, 0.3) is 0 Å². The Hall–Kier alpha value is -1.39. The van der Waals surface area contributed by atoms with Gasteiger partial charge in [0, 0.05) is 11.5 Å². The number of aliphatic hydroxyl groups is 1. The molecule has 3 rings (SSSR count). The van der Waals surface area contributed by atoms with Crippen molar-refractivity contribution in [2.75, 3.05) is 0 Å². The summed E-state index contributed by atoms with van der Waals surface area (Å²) >= 11 is 6.36. The molecule has 1 N–H and O–H groups in total. The van der Waals surface area contributed by atoms with Crippen molar-refractivity contribution in [3.63, 3.8) is 0 Å². The first-order valence-electron chi connectivity index (χ1n) is 7.29. The molecule has 0 bridgehead atoms. The molecule has 1 aliphatic rings. The summed E-state index contributed by atoms with van der Waals surface area (Å²) in [6, 6.07) is 6.30. The molecule has 5 heteroatoms. The number of aromatic nitrogens is 2. The van der Waals surface area contributed by atoms with Gasteiger partial charge in [-0.3, -0.25) is 0 Å². The van der Waals surface area contributed by atoms with Crippen LogP contribution in [0.2, 0.25) is 5.15 Å². The third-order valence-electron chi connectivity index (χ3n) is 4.16. The van der Waals surface area contributed by atoms with Crippen LogP contribution in [0.4, 0.5) is 4.39 Å². The van der Waals surface area contributed by atoms with Crippen molar-refractivity contribution in [3.05, 3.63) is 52.1 Å². The lowest BCUT2D eigenvalue weighted by Crippen LogP contribution is -2.03. The summed E-state index contributed by atoms with van der Waals surface area (Å²) in [6.45, 7) is 0.396. The first kappa shape index (κ1) is 14.5. The molecule has 0 amide bonds. The number of hydrogen-bond donors (Lipinski definition) is 1. The fraction of sp³-hybridized carbons (Fsp3) is 0.438. The van der Waals surface area contributed by atoms with E-state index in [0.29, 0.717) is 17.6 Å². The van der Waals surface area contributed by atoms with Gasteiger partial charge in [-0.05, 0) is 30.5 Å². The van der Waals surface area contributed by atoms with Gasteiger partial charge in [0.05, 0.1) is 18.8 Å². The van der Waals surface area contributed by atoms with E-state index in [9.17, 15) is 9.50 Å². The lowest BCUT2D eigenvalue weighted by molar-refractivity contribution is 0.280. The predicted octanol–water partition coefficient (Wildman–Crippen LogP) is 3.87. The normalized spacial score (nSPS) is 15.8. The Morgan fingerprint density at radius 1 is 1.24 bits per heavy atom. The van der Waals surface area contributed by atoms with Crippen LogP contribution in [-0.4, -0.2) is 14.9 Å². The monoisotopic (exact) mass is 308 g/mol. The minimum Gasteiger partial charge on any atom is -0.391 e. The standard InChI is InChI=1S/C16H18ClFN2O/c17-16-14(10-21)15(12-3-1-2-4-12)19-20(16)9-11-5-7-13(18)8-6-11/h5-8,12,21H,1-4,9-10H2. The number of benzene rings is 1. The van der Waals surface area contributed by atoms with Gasteiger partial charge < -0.3 is 5.11 Å². The molecule has 112 valence electrons. The van der Waals surface area contributed by atoms with Gasteiger partial charge in [0.1, 0.15) is 11.0 Å². The fourth-order valence-corrected chi connectivity index (χ4v) is 3.29. The second-order valence-corrected chi connectivity index (χ2v) is 5.94. The Labute approximate surface area is 128 Å². The summed E-state index contributed by atoms with van der Waals surface area (Å²) in [5, 5.41) is 14.7. The van der Waals surface area contributed by atoms with Crippen LogP contribution >= 0.6 is 11.6 Å². The largest absolute Gasteiger partial charge is 0.391 e. The Bertz CT molecular complexity index is 618. The lowest BCUT2D eigenvalue weighted by Gasteiger charge is -2.06. The molecule has 1 aliphatic carbocycles. The summed E-state index contributed by atoms with van der Waals surface area (Å²) < 4.78 is 14.7. The van der Waals surface area contributed by atoms with Crippen molar-refractivity contribution in [1.82, 2.24) is 9.78 Å². The van der Waals surface area contributed by atoms with Crippen molar-refractivity contribution in [1.29, 1.82) is 0 Å². The smallest absolute Gasteiger partial charge is 0.133 e. The quantitative estimate of drug-likeness (QED) is 0.931. The maximum absolute atomic E-state index is 13.0. The second-order valence-electron chi connectivity index (χ2n) is 5.58. The van der Waals surface area contributed by atoms with E-state index in [1.54, 1.807) is 16.8 Å². The number of rotatable bonds is 4. The van der Waals surface area contributed by atoms with Crippen LogP contribution < -0.4 is 0 Å². The van der Waals surface area contributed by atoms with E-state index in [1.165, 1.54) is 25.0 Å². The minimum absolute atomic E-state index is 0.0892. The van der Waals surface area contributed by atoms with Gasteiger partial charge in [0.25, 0.3) is 0 Å². The van der Waals surface area contributed by atoms with Crippen LogP contribution in [-0.2, 0) is 13.2 Å². The highest BCUT2D eigenvalue weighted by Crippen LogP contribution is 2.37. The topological polar surface area (TPSA) is 38.1 Å². The van der Waals surface area contributed by atoms with Gasteiger partial charge >= 0.3 is 0 Å². The maximum Gasteiger partial charge on any atom is 0.133 e. The Morgan fingerprint density at radius 3 is 2.52 bits per heavy atom. The summed E-state index contributed by atoms with van der Waals surface area (Å²) in [4.78, 5) is 0. The third kappa shape index (κ3) is 2.97. The molecule has 0 unspecified atom stereocenters. The minimum atomic E-state index is -0.256. The second kappa shape index (κ2) is 6.16. The first-order chi connectivity index (χ1) is 10.2. The maximum atomic E-state index is 13.0. The van der Waals surface area contributed by atoms with Crippen LogP contribution in [0.5, 0.6) is 0 Å². The highest BCUT2D eigenvalue weighted by Gasteiger charge is 2.25. The van der Waals surface area contributed by atoms with Crippen molar-refractivity contribution >= 4 is 11.6 Å². The van der Waals surface area contributed by atoms with Crippen LogP contribution in [0.3, 0.4) is 0 Å². The third-order valence-corrected chi connectivity index (χ3v) is 4.58. The average Bonchev–Trinajstić information content (AvgIpc) is 3.10. The zero-order valence-corrected chi connectivity index (χ0v) is 12.5. The van der Waals surface area contributed by atoms with Gasteiger partial charge in [0.15, 0.2) is 0 Å². The Kier molecular flexibility index (Phi) is 4.27. The molecule has 0 saturated heterocycles. The van der Waals surface area contributed by atoms with Crippen molar-refractivity contribution in [2.45, 2.75) is 44.8 Å². The highest BCUT2D eigenvalue weighted by molar-refractivity contribution is 6.30. The average molecular weight is 309 g/mol. The molecule has 2 aromatic rings. The molecule has 0 aliphatic heterocycles. The van der Waals surface area contributed by atoms with E-state index >= 15 is 0 Å². The van der Waals surface area contributed by atoms with E-state index < -0.39 is 0 Å². The van der Waals surface area contributed by atoms with E-state index in [2.05, 4.69) is 5.10 Å². The molecule has 0 radical (unpaired) electrons. The SMILES string of the molecule is OCc1c(C2CCCC2)nn(Cc2ccc(F)cc2)c1Cl. The van der Waals surface area contributed by atoms with Crippen LogP contribution in [0.15, 0.2) is 24.3 Å². The van der Waals surface area contributed by atoms with Gasteiger partial charge in [-0.25, -0.2) is 9.07 Å². The lowest BCUT2D eigenvalue weighted by atomic mass is 10.0. The van der Waals surface area contributed by atoms with Gasteiger partial charge in [-0.1, -0.05) is 36.6 Å². The van der Waals surface area contributed by atoms with Crippen molar-refractivity contribution in [3.8, 4) is 0 Å². The molecule has 0 spiro atoms. The van der Waals surface area contributed by atoms with Gasteiger partial charge in [0.2, 0.25) is 0 Å². The molecule has 1 fully saturated rings. The summed E-state index contributed by atoms with van der Waals surface area (Å²) in [5.41, 5.74) is 2.61. The molecule has 1 heterocycles. The molecule has 21 heavy (non-hydrogen) atoms. The van der Waals surface area contributed by atoms with Crippen LogP contribution in [0.1, 0.15) is 48.4 Å². The van der Waals surface area contributed by atoms with E-state index in [4.69, 9.17) is 11.6 Å². The van der Waals surface area contributed by atoms with E-state index in [1.807, 2.05) is 0 Å². The summed E-state index contributed by atoms with van der Waals surface area (Å²) in [6.07, 6.45) is 4.63. The van der Waals surface area contributed by atoms with Gasteiger partial charge in [-0.15, -0.1) is 0 Å². The molecular weight excluding hydrogens is 291 g/mol. The zero-order valence-electron chi connectivity index (χ0n) is 11.7. The van der Waals surface area contributed by atoms with Crippen LogP contribution in [0, 0.1) is 5.82 Å². The molecule has 1 saturated carbocycles. The number of nitrogens with zero attached hydrogens (tertiary/aromatic N) is 2. The van der Waals surface area contributed by atoms with Crippen molar-refractivity contribution < 1.29 is 9.50 Å². The predicted molar refractivity (Wildman–Crippen MR) is 79.9 cm³/mol. The first-order valence-corrected chi connectivity index (χ1v) is 7.67.